The van der Waals surface area contributed by atoms with Gasteiger partial charge in [-0.3, -0.25) is 4.79 Å². The Labute approximate surface area is 179 Å². The molecule has 1 amide bonds. The average Bonchev–Trinajstić information content (AvgIpc) is 2.76. The molecule has 2 heterocycles. The number of nitrogens with one attached hydrogen (secondary N) is 2. The minimum Gasteiger partial charge on any atom is -0.394 e. The van der Waals surface area contributed by atoms with Crippen LogP contribution in [0.3, 0.4) is 0 Å². The summed E-state index contributed by atoms with van der Waals surface area (Å²) in [6, 6.07) is 7.60. The number of benzene rings is 1. The van der Waals surface area contributed by atoms with Crippen molar-refractivity contribution in [3.8, 4) is 0 Å². The van der Waals surface area contributed by atoms with Crippen LogP contribution in [0.5, 0.6) is 0 Å². The summed E-state index contributed by atoms with van der Waals surface area (Å²) in [6.07, 6.45) is 4.01. The van der Waals surface area contributed by atoms with Crippen LogP contribution in [0.25, 0.3) is 0 Å². The maximum absolute atomic E-state index is 12.6. The lowest BCUT2D eigenvalue weighted by molar-refractivity contribution is -0.130. The van der Waals surface area contributed by atoms with E-state index < -0.39 is 22.2 Å². The molecule has 30 heavy (non-hydrogen) atoms. The van der Waals surface area contributed by atoms with E-state index in [4.69, 9.17) is 4.74 Å². The van der Waals surface area contributed by atoms with Gasteiger partial charge in [-0.2, -0.15) is 0 Å². The van der Waals surface area contributed by atoms with Gasteiger partial charge in [0, 0.05) is 13.1 Å². The molecule has 0 aliphatic carbocycles. The number of ether oxygens (including phenoxy) is 1. The Morgan fingerprint density at radius 2 is 1.87 bits per heavy atom. The van der Waals surface area contributed by atoms with Crippen molar-refractivity contribution in [3.63, 3.8) is 0 Å². The zero-order valence-corrected chi connectivity index (χ0v) is 18.1. The Morgan fingerprint density at radius 1 is 1.13 bits per heavy atom. The second-order valence-corrected chi connectivity index (χ2v) is 9.77. The van der Waals surface area contributed by atoms with Crippen LogP contribution in [-0.4, -0.2) is 75.4 Å². The third-order valence-corrected chi connectivity index (χ3v) is 7.27. The van der Waals surface area contributed by atoms with Crippen molar-refractivity contribution in [2.75, 3.05) is 32.8 Å². The van der Waals surface area contributed by atoms with Crippen molar-refractivity contribution in [2.45, 2.75) is 61.7 Å². The Hall–Kier alpha value is -1.52. The smallest absolute Gasteiger partial charge is 0.240 e. The summed E-state index contributed by atoms with van der Waals surface area (Å²) in [7, 11) is -3.69. The highest BCUT2D eigenvalue weighted by atomic mass is 32.2. The van der Waals surface area contributed by atoms with Crippen molar-refractivity contribution in [1.29, 1.82) is 0 Å². The second kappa shape index (κ2) is 11.2. The number of sulfonamides is 1. The summed E-state index contributed by atoms with van der Waals surface area (Å²) in [4.78, 5) is 14.8. The van der Waals surface area contributed by atoms with Crippen LogP contribution in [0, 0.1) is 0 Å². The second-order valence-electron chi connectivity index (χ2n) is 8.05. The molecule has 0 bridgehead atoms. The zero-order chi connectivity index (χ0) is 21.4. The standard InChI is InChI=1S/C21H33N3O5S/c25-16-20-19(23-30(27,28)18-7-3-1-4-8-18)10-9-17(29-20)15-21(26)22-11-14-24-12-5-2-6-13-24/h1,3-4,7-8,17,19-20,23,25H,2,5-6,9-16H2,(H,22,26)/t17-,19-,20+/m1/s1. The lowest BCUT2D eigenvalue weighted by Gasteiger charge is -2.35. The topological polar surface area (TPSA) is 108 Å². The number of piperidine rings is 1. The van der Waals surface area contributed by atoms with Gasteiger partial charge in [0.1, 0.15) is 0 Å². The van der Waals surface area contributed by atoms with Crippen LogP contribution in [0.2, 0.25) is 0 Å². The molecule has 0 spiro atoms. The number of amides is 1. The van der Waals surface area contributed by atoms with E-state index in [0.717, 1.165) is 19.6 Å². The Bertz CT molecular complexity index is 768. The third-order valence-electron chi connectivity index (χ3n) is 5.77. The van der Waals surface area contributed by atoms with Crippen molar-refractivity contribution in [2.24, 2.45) is 0 Å². The fourth-order valence-electron chi connectivity index (χ4n) is 4.10. The molecule has 0 unspecified atom stereocenters. The maximum Gasteiger partial charge on any atom is 0.240 e. The summed E-state index contributed by atoms with van der Waals surface area (Å²) in [5, 5.41) is 12.6. The summed E-state index contributed by atoms with van der Waals surface area (Å²) in [5.74, 6) is -0.0722. The van der Waals surface area contributed by atoms with Gasteiger partial charge in [-0.1, -0.05) is 24.6 Å². The lowest BCUT2D eigenvalue weighted by Crippen LogP contribution is -2.51. The van der Waals surface area contributed by atoms with Crippen LogP contribution in [0.1, 0.15) is 38.5 Å². The SMILES string of the molecule is O=C(C[C@H]1CC[C@@H](NS(=O)(=O)c2ccccc2)[C@H](CO)O1)NCCN1CCCCC1. The van der Waals surface area contributed by atoms with E-state index >= 15 is 0 Å². The Kier molecular flexibility index (Phi) is 8.64. The Morgan fingerprint density at radius 3 is 2.57 bits per heavy atom. The van der Waals surface area contributed by atoms with Gasteiger partial charge in [0.2, 0.25) is 15.9 Å². The quantitative estimate of drug-likeness (QED) is 0.527. The number of carbonyl (C=O) groups excluding carboxylic acids is 1. The van der Waals surface area contributed by atoms with E-state index in [2.05, 4.69) is 14.9 Å². The first-order valence-electron chi connectivity index (χ1n) is 10.8. The van der Waals surface area contributed by atoms with Gasteiger partial charge in [0.05, 0.1) is 36.2 Å². The highest BCUT2D eigenvalue weighted by Crippen LogP contribution is 2.23. The molecule has 0 radical (unpaired) electrons. The van der Waals surface area contributed by atoms with E-state index in [9.17, 15) is 18.3 Å². The van der Waals surface area contributed by atoms with Crippen LogP contribution >= 0.6 is 0 Å². The molecule has 3 atom stereocenters. The molecule has 2 saturated heterocycles. The zero-order valence-electron chi connectivity index (χ0n) is 17.3. The highest BCUT2D eigenvalue weighted by Gasteiger charge is 2.34. The van der Waals surface area contributed by atoms with E-state index in [1.165, 1.54) is 31.4 Å². The minimum atomic E-state index is -3.69. The van der Waals surface area contributed by atoms with E-state index in [0.29, 0.717) is 19.4 Å². The molecule has 9 heteroatoms. The summed E-state index contributed by atoms with van der Waals surface area (Å²) in [6.45, 7) is 3.36. The van der Waals surface area contributed by atoms with Gasteiger partial charge in [-0.15, -0.1) is 0 Å². The molecular formula is C21H33N3O5S. The monoisotopic (exact) mass is 439 g/mol. The summed E-state index contributed by atoms with van der Waals surface area (Å²) < 4.78 is 33.6. The molecule has 1 aromatic rings. The van der Waals surface area contributed by atoms with Crippen LogP contribution in [-0.2, 0) is 19.6 Å². The molecule has 3 N–H and O–H groups in total. The van der Waals surface area contributed by atoms with Crippen molar-refractivity contribution in [1.82, 2.24) is 14.9 Å². The van der Waals surface area contributed by atoms with E-state index in [1.54, 1.807) is 18.2 Å². The highest BCUT2D eigenvalue weighted by molar-refractivity contribution is 7.89. The van der Waals surface area contributed by atoms with Crippen molar-refractivity contribution in [3.05, 3.63) is 30.3 Å². The number of nitrogens with zero attached hydrogens (tertiary/aromatic N) is 1. The van der Waals surface area contributed by atoms with Crippen molar-refractivity contribution >= 4 is 15.9 Å². The lowest BCUT2D eigenvalue weighted by atomic mass is 9.98. The molecule has 0 saturated carbocycles. The Balaban J connectivity index is 1.44. The first-order chi connectivity index (χ1) is 14.5. The number of rotatable bonds is 9. The number of hydrogen-bond acceptors (Lipinski definition) is 6. The van der Waals surface area contributed by atoms with Crippen LogP contribution in [0.4, 0.5) is 0 Å². The van der Waals surface area contributed by atoms with Gasteiger partial charge >= 0.3 is 0 Å². The number of carbonyl (C=O) groups is 1. The minimum absolute atomic E-state index is 0.0722. The third kappa shape index (κ3) is 6.75. The molecule has 1 aromatic carbocycles. The largest absolute Gasteiger partial charge is 0.394 e. The maximum atomic E-state index is 12.6. The van der Waals surface area contributed by atoms with E-state index in [-0.39, 0.29) is 29.9 Å². The van der Waals surface area contributed by atoms with Crippen LogP contribution < -0.4 is 10.0 Å². The summed E-state index contributed by atoms with van der Waals surface area (Å²) in [5.41, 5.74) is 0. The average molecular weight is 440 g/mol. The van der Waals surface area contributed by atoms with Gasteiger partial charge in [0.25, 0.3) is 0 Å². The predicted molar refractivity (Wildman–Crippen MR) is 113 cm³/mol. The first-order valence-corrected chi connectivity index (χ1v) is 12.3. The fraction of sp³-hybridized carbons (Fsp3) is 0.667. The number of aliphatic hydroxyl groups excluding tert-OH is 1. The molecule has 2 aliphatic rings. The molecule has 2 aliphatic heterocycles. The van der Waals surface area contributed by atoms with Gasteiger partial charge in [0.15, 0.2) is 0 Å². The summed E-state index contributed by atoms with van der Waals surface area (Å²) >= 11 is 0. The fourth-order valence-corrected chi connectivity index (χ4v) is 5.42. The first kappa shape index (κ1) is 23.1. The number of hydrogen-bond donors (Lipinski definition) is 3. The molecule has 3 rings (SSSR count). The van der Waals surface area contributed by atoms with Gasteiger partial charge < -0.3 is 20.1 Å². The van der Waals surface area contributed by atoms with Crippen LogP contribution in [0.15, 0.2) is 35.2 Å². The van der Waals surface area contributed by atoms with Crippen molar-refractivity contribution < 1.29 is 23.1 Å². The molecule has 168 valence electrons. The molecule has 0 aromatic heterocycles. The molecular weight excluding hydrogens is 406 g/mol. The van der Waals surface area contributed by atoms with Gasteiger partial charge in [-0.05, 0) is 50.9 Å². The molecule has 8 nitrogen and oxygen atoms in total. The predicted octanol–water partition coefficient (Wildman–Crippen LogP) is 0.866. The van der Waals surface area contributed by atoms with Gasteiger partial charge in [-0.25, -0.2) is 13.1 Å². The molecule has 2 fully saturated rings. The van der Waals surface area contributed by atoms with E-state index in [1.807, 2.05) is 0 Å². The number of likely N-dealkylation sites (tertiary alicyclic amines) is 1. The number of aliphatic hydroxyl groups is 1. The normalized spacial score (nSPS) is 25.7.